The van der Waals surface area contributed by atoms with Crippen molar-refractivity contribution >= 4 is 10.9 Å². The van der Waals surface area contributed by atoms with Gasteiger partial charge in [-0.25, -0.2) is 8.78 Å². The van der Waals surface area contributed by atoms with E-state index in [-0.39, 0.29) is 11.3 Å². The number of rotatable bonds is 1. The predicted octanol–water partition coefficient (Wildman–Crippen LogP) is 3.42. The van der Waals surface area contributed by atoms with Crippen molar-refractivity contribution in [1.82, 2.24) is 0 Å². The zero-order valence-electron chi connectivity index (χ0n) is 9.81. The SMILES string of the molecule is [O-][n+]1c(-c2ccc(F)cc2F)ccc2ccccc21. The first-order valence-corrected chi connectivity index (χ1v) is 5.73. The summed E-state index contributed by atoms with van der Waals surface area (Å²) in [5, 5.41) is 13.0. The molecular formula is C15H9F2NO. The van der Waals surface area contributed by atoms with Gasteiger partial charge in [-0.1, -0.05) is 12.1 Å². The molecule has 94 valence electrons. The van der Waals surface area contributed by atoms with Gasteiger partial charge in [0.15, 0.2) is 0 Å². The highest BCUT2D eigenvalue weighted by Gasteiger charge is 2.16. The second-order valence-electron chi connectivity index (χ2n) is 4.20. The number of para-hydroxylation sites is 1. The lowest BCUT2D eigenvalue weighted by atomic mass is 10.1. The van der Waals surface area contributed by atoms with E-state index in [1.807, 2.05) is 6.07 Å². The van der Waals surface area contributed by atoms with Gasteiger partial charge in [0.2, 0.25) is 11.2 Å². The maximum Gasteiger partial charge on any atom is 0.227 e. The molecule has 1 aromatic heterocycles. The molecule has 0 aliphatic carbocycles. The van der Waals surface area contributed by atoms with Crippen LogP contribution < -0.4 is 4.73 Å². The first-order valence-electron chi connectivity index (χ1n) is 5.73. The van der Waals surface area contributed by atoms with Crippen LogP contribution in [-0.4, -0.2) is 0 Å². The molecule has 0 fully saturated rings. The molecule has 0 atom stereocenters. The van der Waals surface area contributed by atoms with E-state index < -0.39 is 11.6 Å². The Hall–Kier alpha value is -2.49. The topological polar surface area (TPSA) is 26.9 Å². The number of hydrogen-bond donors (Lipinski definition) is 0. The number of halogens is 2. The zero-order valence-corrected chi connectivity index (χ0v) is 9.81. The molecule has 3 rings (SSSR count). The van der Waals surface area contributed by atoms with Crippen LogP contribution >= 0.6 is 0 Å². The van der Waals surface area contributed by atoms with E-state index in [0.717, 1.165) is 17.5 Å². The number of nitrogens with zero attached hydrogens (tertiary/aromatic N) is 1. The first kappa shape index (κ1) is 11.6. The summed E-state index contributed by atoms with van der Waals surface area (Å²) in [6.45, 7) is 0. The Bertz CT molecular complexity index is 771. The van der Waals surface area contributed by atoms with Gasteiger partial charge >= 0.3 is 0 Å². The summed E-state index contributed by atoms with van der Waals surface area (Å²) in [7, 11) is 0. The summed E-state index contributed by atoms with van der Waals surface area (Å²) < 4.78 is 27.3. The molecule has 3 aromatic rings. The van der Waals surface area contributed by atoms with E-state index in [1.165, 1.54) is 12.1 Å². The lowest BCUT2D eigenvalue weighted by molar-refractivity contribution is -0.565. The van der Waals surface area contributed by atoms with Gasteiger partial charge in [0.25, 0.3) is 0 Å². The van der Waals surface area contributed by atoms with Crippen LogP contribution in [0.3, 0.4) is 0 Å². The third-order valence-corrected chi connectivity index (χ3v) is 3.00. The molecule has 0 radical (unpaired) electrons. The molecule has 0 aliphatic heterocycles. The van der Waals surface area contributed by atoms with Crippen molar-refractivity contribution in [1.29, 1.82) is 0 Å². The molecule has 0 amide bonds. The standard InChI is InChI=1S/C15H9F2NO/c16-11-6-7-12(13(17)9-11)15-8-5-10-3-1-2-4-14(10)18(15)19/h1-9H. The van der Waals surface area contributed by atoms with Crippen LogP contribution in [0.2, 0.25) is 0 Å². The quantitative estimate of drug-likeness (QED) is 0.484. The van der Waals surface area contributed by atoms with Gasteiger partial charge in [0.1, 0.15) is 11.6 Å². The minimum absolute atomic E-state index is 0.0853. The second kappa shape index (κ2) is 4.31. The van der Waals surface area contributed by atoms with Crippen molar-refractivity contribution in [2.45, 2.75) is 0 Å². The molecule has 1 heterocycles. The number of fused-ring (bicyclic) bond motifs is 1. The lowest BCUT2D eigenvalue weighted by Crippen LogP contribution is -2.30. The van der Waals surface area contributed by atoms with Crippen LogP contribution in [-0.2, 0) is 0 Å². The van der Waals surface area contributed by atoms with Crippen LogP contribution in [0.4, 0.5) is 8.78 Å². The maximum atomic E-state index is 13.7. The Morgan fingerprint density at radius 3 is 2.47 bits per heavy atom. The summed E-state index contributed by atoms with van der Waals surface area (Å²) in [5.74, 6) is -1.42. The number of benzene rings is 2. The molecule has 0 saturated carbocycles. The third kappa shape index (κ3) is 1.91. The summed E-state index contributed by atoms with van der Waals surface area (Å²) in [4.78, 5) is 0. The smallest absolute Gasteiger partial charge is 0.227 e. The minimum Gasteiger partial charge on any atom is -0.618 e. The fourth-order valence-electron chi connectivity index (χ4n) is 2.08. The van der Waals surface area contributed by atoms with Crippen LogP contribution in [0.1, 0.15) is 0 Å². The molecule has 0 spiro atoms. The highest BCUT2D eigenvalue weighted by Crippen LogP contribution is 2.22. The Labute approximate surface area is 108 Å². The van der Waals surface area contributed by atoms with Crippen molar-refractivity contribution in [2.75, 3.05) is 0 Å². The van der Waals surface area contributed by atoms with Gasteiger partial charge in [0, 0.05) is 23.6 Å². The second-order valence-corrected chi connectivity index (χ2v) is 4.20. The van der Waals surface area contributed by atoms with Crippen molar-refractivity contribution in [3.05, 3.63) is 71.4 Å². The Balaban J connectivity index is 2.28. The van der Waals surface area contributed by atoms with Gasteiger partial charge in [-0.2, -0.15) is 4.73 Å². The first-order chi connectivity index (χ1) is 9.16. The predicted molar refractivity (Wildman–Crippen MR) is 68.3 cm³/mol. The lowest BCUT2D eigenvalue weighted by Gasteiger charge is -2.08. The molecule has 0 bridgehead atoms. The Morgan fingerprint density at radius 2 is 1.68 bits per heavy atom. The van der Waals surface area contributed by atoms with Gasteiger partial charge in [0.05, 0.1) is 5.56 Å². The van der Waals surface area contributed by atoms with E-state index in [2.05, 4.69) is 0 Å². The van der Waals surface area contributed by atoms with Crippen molar-refractivity contribution in [3.63, 3.8) is 0 Å². The summed E-state index contributed by atoms with van der Waals surface area (Å²) >= 11 is 0. The molecule has 0 N–H and O–H groups in total. The highest BCUT2D eigenvalue weighted by molar-refractivity contribution is 5.77. The van der Waals surface area contributed by atoms with Crippen LogP contribution in [0, 0.1) is 16.8 Å². The normalized spacial score (nSPS) is 10.8. The molecule has 0 aliphatic rings. The van der Waals surface area contributed by atoms with E-state index in [1.54, 1.807) is 24.3 Å². The average molecular weight is 257 g/mol. The number of hydrogen-bond acceptors (Lipinski definition) is 1. The van der Waals surface area contributed by atoms with Crippen LogP contribution in [0.25, 0.3) is 22.2 Å². The van der Waals surface area contributed by atoms with Gasteiger partial charge < -0.3 is 5.21 Å². The monoisotopic (exact) mass is 257 g/mol. The maximum absolute atomic E-state index is 13.7. The highest BCUT2D eigenvalue weighted by atomic mass is 19.1. The van der Waals surface area contributed by atoms with Crippen LogP contribution in [0.5, 0.6) is 0 Å². The third-order valence-electron chi connectivity index (χ3n) is 3.00. The largest absolute Gasteiger partial charge is 0.618 e. The molecular weight excluding hydrogens is 248 g/mol. The number of pyridine rings is 1. The van der Waals surface area contributed by atoms with Gasteiger partial charge in [-0.3, -0.25) is 0 Å². The van der Waals surface area contributed by atoms with Crippen molar-refractivity contribution in [3.8, 4) is 11.3 Å². The van der Waals surface area contributed by atoms with E-state index in [4.69, 9.17) is 0 Å². The Kier molecular flexibility index (Phi) is 2.63. The molecule has 2 nitrogen and oxygen atoms in total. The van der Waals surface area contributed by atoms with Gasteiger partial charge in [-0.05, 0) is 24.3 Å². The molecule has 2 aromatic carbocycles. The van der Waals surface area contributed by atoms with Crippen molar-refractivity contribution in [2.24, 2.45) is 0 Å². The van der Waals surface area contributed by atoms with E-state index in [9.17, 15) is 14.0 Å². The summed E-state index contributed by atoms with van der Waals surface area (Å²) in [6.07, 6.45) is 0. The molecule has 4 heteroatoms. The van der Waals surface area contributed by atoms with Crippen molar-refractivity contribution < 1.29 is 13.5 Å². The Morgan fingerprint density at radius 1 is 0.895 bits per heavy atom. The van der Waals surface area contributed by atoms with Crippen LogP contribution in [0.15, 0.2) is 54.6 Å². The number of aromatic nitrogens is 1. The van der Waals surface area contributed by atoms with E-state index in [0.29, 0.717) is 10.2 Å². The average Bonchev–Trinajstić information content (AvgIpc) is 2.41. The minimum atomic E-state index is -0.750. The fraction of sp³-hybridized carbons (Fsp3) is 0. The fourth-order valence-corrected chi connectivity index (χ4v) is 2.08. The molecule has 0 saturated heterocycles. The van der Waals surface area contributed by atoms with Gasteiger partial charge in [-0.15, -0.1) is 0 Å². The summed E-state index contributed by atoms with van der Waals surface area (Å²) in [6, 6.07) is 13.5. The molecule has 0 unspecified atom stereocenters. The zero-order chi connectivity index (χ0) is 13.4. The van der Waals surface area contributed by atoms with E-state index >= 15 is 0 Å². The summed E-state index contributed by atoms with van der Waals surface area (Å²) in [5.41, 5.74) is 0.696. The molecule has 19 heavy (non-hydrogen) atoms.